The molecule has 2 aromatic carbocycles. The maximum Gasteiger partial charge on any atom is 2.00 e. The van der Waals surface area contributed by atoms with Crippen LogP contribution in [0.25, 0.3) is 0 Å². The molecule has 0 fully saturated rings. The summed E-state index contributed by atoms with van der Waals surface area (Å²) in [4.78, 5) is 10.9. The molecule has 0 saturated heterocycles. The Bertz CT molecular complexity index is 550. The number of carboxylic acids is 1. The summed E-state index contributed by atoms with van der Waals surface area (Å²) in [6, 6.07) is 16.6. The zero-order valence-electron chi connectivity index (χ0n) is 12.7. The molecule has 0 amide bonds. The number of aliphatic carboxylic acids is 1. The van der Waals surface area contributed by atoms with Crippen LogP contribution in [0.3, 0.4) is 0 Å². The summed E-state index contributed by atoms with van der Waals surface area (Å²) in [5, 5.41) is 8.98. The van der Waals surface area contributed by atoms with Crippen LogP contribution in [0.15, 0.2) is 54.6 Å². The van der Waals surface area contributed by atoms with E-state index in [-0.39, 0.29) is 40.6 Å². The van der Waals surface area contributed by atoms with Gasteiger partial charge in [-0.25, -0.2) is 0 Å². The third-order valence-electron chi connectivity index (χ3n) is 2.71. The average molecular weight is 284 g/mol. The van der Waals surface area contributed by atoms with Crippen molar-refractivity contribution >= 4 is 43.7 Å². The third-order valence-corrected chi connectivity index (χ3v) is 2.71. The summed E-state index contributed by atoms with van der Waals surface area (Å²) in [5.74, 6) is 0.000567. The molecule has 0 saturated carbocycles. The van der Waals surface area contributed by atoms with Gasteiger partial charge in [0.05, 0.1) is 5.92 Å². The molecule has 0 bridgehead atoms. The molecule has 0 radical (unpaired) electrons. The van der Waals surface area contributed by atoms with Gasteiger partial charge in [-0.3, -0.25) is 4.79 Å². The first-order valence-electron chi connectivity index (χ1n) is 5.72. The van der Waals surface area contributed by atoms with E-state index in [1.54, 1.807) is 25.1 Å². The van der Waals surface area contributed by atoms with Crippen molar-refractivity contribution in [1.29, 1.82) is 0 Å². The topological polar surface area (TPSA) is 46.5 Å². The molecule has 2 aromatic rings. The van der Waals surface area contributed by atoms with Crippen molar-refractivity contribution in [3.63, 3.8) is 0 Å². The van der Waals surface area contributed by atoms with Gasteiger partial charge in [-0.05, 0) is 36.8 Å². The van der Waals surface area contributed by atoms with Gasteiger partial charge in [0.25, 0.3) is 0 Å². The Hall–Kier alpha value is -1.03. The molecule has 96 valence electrons. The van der Waals surface area contributed by atoms with Crippen molar-refractivity contribution in [3.8, 4) is 11.5 Å². The van der Waals surface area contributed by atoms with Gasteiger partial charge in [0.15, 0.2) is 0 Å². The number of carbonyl (C=O) groups is 1. The molecule has 0 heterocycles. The Morgan fingerprint density at radius 3 is 2.37 bits per heavy atom. The third kappa shape index (κ3) is 4.53. The molecule has 3 nitrogen and oxygen atoms in total. The number of hydrogen-bond acceptors (Lipinski definition) is 2. The fourth-order valence-electron chi connectivity index (χ4n) is 1.61. The number of benzene rings is 2. The summed E-state index contributed by atoms with van der Waals surface area (Å²) in [7, 11) is 0. The zero-order valence-corrected chi connectivity index (χ0v) is 13.0. The Morgan fingerprint density at radius 1 is 1.11 bits per heavy atom. The maximum absolute atomic E-state index is 10.9. The Morgan fingerprint density at radius 2 is 1.74 bits per heavy atom. The molecule has 4 heteroatoms. The molecule has 1 atom stereocenters. The summed E-state index contributed by atoms with van der Waals surface area (Å²) >= 11 is 0. The van der Waals surface area contributed by atoms with E-state index in [9.17, 15) is 4.79 Å². The smallest absolute Gasteiger partial charge is 1.00 e. The van der Waals surface area contributed by atoms with Crippen LogP contribution in [0.5, 0.6) is 11.5 Å². The largest absolute Gasteiger partial charge is 2.00 e. The van der Waals surface area contributed by atoms with E-state index < -0.39 is 11.9 Å². The minimum absolute atomic E-state index is 0. The van der Waals surface area contributed by atoms with E-state index in [4.69, 9.17) is 9.84 Å². The summed E-state index contributed by atoms with van der Waals surface area (Å²) in [5.41, 5.74) is 0.732. The summed E-state index contributed by atoms with van der Waals surface area (Å²) in [6.07, 6.45) is 0. The van der Waals surface area contributed by atoms with Crippen LogP contribution in [0, 0.1) is 0 Å². The van der Waals surface area contributed by atoms with Gasteiger partial charge in [-0.1, -0.05) is 30.3 Å². The van der Waals surface area contributed by atoms with Crippen LogP contribution in [0.1, 0.15) is 21.3 Å². The first-order chi connectivity index (χ1) is 8.66. The average Bonchev–Trinajstić information content (AvgIpc) is 2.39. The molecule has 1 N–H and O–H groups in total. The predicted molar refractivity (Wildman–Crippen MR) is 77.0 cm³/mol. The van der Waals surface area contributed by atoms with Crippen LogP contribution < -0.4 is 4.74 Å². The van der Waals surface area contributed by atoms with Crippen molar-refractivity contribution in [1.82, 2.24) is 0 Å². The van der Waals surface area contributed by atoms with Crippen LogP contribution in [-0.2, 0) is 4.79 Å². The number of rotatable bonds is 4. The molecular weight excluding hydrogens is 268 g/mol. The van der Waals surface area contributed by atoms with Gasteiger partial charge in [-0.2, -0.15) is 0 Å². The van der Waals surface area contributed by atoms with Gasteiger partial charge in [-0.15, -0.1) is 0 Å². The zero-order chi connectivity index (χ0) is 13.0. The SMILES string of the molecule is CC(C(=O)O)c1cccc(Oc2ccccc2)c1.[Ca+2].[H-].[H-]. The minimum atomic E-state index is -0.841. The first-order valence-corrected chi connectivity index (χ1v) is 5.72. The molecule has 0 aliphatic carbocycles. The van der Waals surface area contributed by atoms with E-state index in [1.165, 1.54) is 0 Å². The van der Waals surface area contributed by atoms with E-state index >= 15 is 0 Å². The van der Waals surface area contributed by atoms with Crippen molar-refractivity contribution in [3.05, 3.63) is 60.2 Å². The number of carboxylic acid groups (broad SMARTS) is 1. The second-order valence-electron chi connectivity index (χ2n) is 4.05. The standard InChI is InChI=1S/C15H14O3.Ca.2H/c1-11(15(16)17)12-6-5-9-14(10-12)18-13-7-3-2-4-8-13;;;/h2-11H,1H3,(H,16,17);;;/q;+2;2*-1. The normalized spacial score (nSPS) is 11.2. The van der Waals surface area contributed by atoms with Crippen LogP contribution in [0.4, 0.5) is 0 Å². The molecule has 2 rings (SSSR count). The summed E-state index contributed by atoms with van der Waals surface area (Å²) in [6.45, 7) is 1.66. The van der Waals surface area contributed by atoms with E-state index in [0.29, 0.717) is 5.75 Å². The van der Waals surface area contributed by atoms with Crippen LogP contribution in [-0.4, -0.2) is 48.8 Å². The number of para-hydroxylation sites is 1. The van der Waals surface area contributed by atoms with Crippen molar-refractivity contribution < 1.29 is 17.5 Å². The van der Waals surface area contributed by atoms with Gasteiger partial charge in [0.2, 0.25) is 0 Å². The van der Waals surface area contributed by atoms with E-state index in [0.717, 1.165) is 11.3 Å². The Balaban J connectivity index is 0. The molecule has 19 heavy (non-hydrogen) atoms. The first kappa shape index (κ1) is 16.0. The monoisotopic (exact) mass is 284 g/mol. The molecule has 0 spiro atoms. The van der Waals surface area contributed by atoms with E-state index in [2.05, 4.69) is 0 Å². The quantitative estimate of drug-likeness (QED) is 0.874. The Kier molecular flexibility index (Phi) is 6.35. The van der Waals surface area contributed by atoms with Crippen molar-refractivity contribution in [2.24, 2.45) is 0 Å². The summed E-state index contributed by atoms with van der Waals surface area (Å²) < 4.78 is 5.66. The van der Waals surface area contributed by atoms with Gasteiger partial charge in [0.1, 0.15) is 11.5 Å². The van der Waals surface area contributed by atoms with Crippen molar-refractivity contribution in [2.45, 2.75) is 12.8 Å². The maximum atomic E-state index is 10.9. The van der Waals surface area contributed by atoms with Gasteiger partial charge in [0, 0.05) is 0 Å². The second kappa shape index (κ2) is 7.53. The number of ether oxygens (including phenoxy) is 1. The fourth-order valence-corrected chi connectivity index (χ4v) is 1.61. The molecule has 0 aromatic heterocycles. The minimum Gasteiger partial charge on any atom is -1.00 e. The molecule has 0 aliphatic rings. The molecule has 1 unspecified atom stereocenters. The molecular formula is C15H16CaO3. The second-order valence-corrected chi connectivity index (χ2v) is 4.05. The number of hydrogen-bond donors (Lipinski definition) is 1. The van der Waals surface area contributed by atoms with Crippen molar-refractivity contribution in [2.75, 3.05) is 0 Å². The van der Waals surface area contributed by atoms with Gasteiger partial charge >= 0.3 is 43.7 Å². The van der Waals surface area contributed by atoms with E-state index in [1.807, 2.05) is 36.4 Å². The fraction of sp³-hybridized carbons (Fsp3) is 0.133. The molecule has 0 aliphatic heterocycles. The predicted octanol–water partition coefficient (Wildman–Crippen LogP) is 3.51. The van der Waals surface area contributed by atoms with Gasteiger partial charge < -0.3 is 12.7 Å². The van der Waals surface area contributed by atoms with Crippen LogP contribution in [0.2, 0.25) is 0 Å². The van der Waals surface area contributed by atoms with Crippen LogP contribution >= 0.6 is 0 Å². The Labute approximate surface area is 145 Å².